The molecule has 0 radical (unpaired) electrons. The van der Waals surface area contributed by atoms with Crippen molar-refractivity contribution in [1.82, 2.24) is 18.7 Å². The van der Waals surface area contributed by atoms with Crippen LogP contribution in [0.2, 0.25) is 0 Å². The average molecular weight is 223 g/mol. The van der Waals surface area contributed by atoms with Gasteiger partial charge in [0.15, 0.2) is 11.2 Å². The summed E-state index contributed by atoms with van der Waals surface area (Å²) in [5.74, 6) is 0.577. The Hall–Kier alpha value is -1.89. The minimum Gasteiger partial charge on any atom is -0.324 e. The monoisotopic (exact) mass is 223 g/mol. The first kappa shape index (κ1) is 10.6. The van der Waals surface area contributed by atoms with E-state index in [2.05, 4.69) is 4.98 Å². The molecule has 2 heterocycles. The molecule has 2 rings (SSSR count). The topological polar surface area (TPSA) is 87.8 Å². The Kier molecular flexibility index (Phi) is 2.20. The summed E-state index contributed by atoms with van der Waals surface area (Å²) in [6.45, 7) is 0.225. The second kappa shape index (κ2) is 3.31. The first-order valence-electron chi connectivity index (χ1n) is 4.80. The van der Waals surface area contributed by atoms with Gasteiger partial charge in [-0.1, -0.05) is 0 Å². The molecule has 0 aliphatic heterocycles. The van der Waals surface area contributed by atoms with Crippen molar-refractivity contribution in [2.24, 2.45) is 26.9 Å². The molecule has 7 heteroatoms. The lowest BCUT2D eigenvalue weighted by Gasteiger charge is -2.03. The Bertz CT molecular complexity index is 676. The van der Waals surface area contributed by atoms with E-state index < -0.39 is 0 Å². The van der Waals surface area contributed by atoms with E-state index >= 15 is 0 Å². The Morgan fingerprint density at radius 1 is 1.12 bits per heavy atom. The Balaban J connectivity index is 3.13. The molecule has 7 nitrogen and oxygen atoms in total. The summed E-state index contributed by atoms with van der Waals surface area (Å²) in [5.41, 5.74) is 5.53. The fourth-order valence-electron chi connectivity index (χ4n) is 1.75. The summed E-state index contributed by atoms with van der Waals surface area (Å²) in [7, 11) is 4.74. The number of hydrogen-bond donors (Lipinski definition) is 1. The minimum absolute atomic E-state index is 0.225. The van der Waals surface area contributed by atoms with Crippen molar-refractivity contribution in [2.75, 3.05) is 0 Å². The maximum Gasteiger partial charge on any atom is 0.332 e. The largest absolute Gasteiger partial charge is 0.332 e. The van der Waals surface area contributed by atoms with Crippen LogP contribution in [0.1, 0.15) is 5.82 Å². The highest BCUT2D eigenvalue weighted by atomic mass is 16.2. The zero-order valence-corrected chi connectivity index (χ0v) is 9.39. The molecular weight excluding hydrogens is 210 g/mol. The van der Waals surface area contributed by atoms with Crippen molar-refractivity contribution in [3.05, 3.63) is 26.7 Å². The highest BCUT2D eigenvalue weighted by Crippen LogP contribution is 2.07. The molecule has 2 aromatic rings. The van der Waals surface area contributed by atoms with Crippen molar-refractivity contribution in [1.29, 1.82) is 0 Å². The molecule has 0 atom stereocenters. The van der Waals surface area contributed by atoms with Crippen LogP contribution in [0, 0.1) is 0 Å². The zero-order chi connectivity index (χ0) is 12.0. The van der Waals surface area contributed by atoms with Crippen LogP contribution < -0.4 is 17.0 Å². The third-order valence-electron chi connectivity index (χ3n) is 2.75. The number of rotatable bonds is 1. The smallest absolute Gasteiger partial charge is 0.324 e. The van der Waals surface area contributed by atoms with Crippen LogP contribution in [0.5, 0.6) is 0 Å². The van der Waals surface area contributed by atoms with E-state index in [0.29, 0.717) is 17.0 Å². The normalized spacial score (nSPS) is 11.2. The molecule has 0 saturated carbocycles. The van der Waals surface area contributed by atoms with Gasteiger partial charge in [-0.15, -0.1) is 0 Å². The minimum atomic E-state index is -0.390. The summed E-state index contributed by atoms with van der Waals surface area (Å²) in [4.78, 5) is 27.7. The molecule has 2 N–H and O–H groups in total. The Labute approximate surface area is 90.7 Å². The molecule has 0 amide bonds. The van der Waals surface area contributed by atoms with Crippen molar-refractivity contribution >= 4 is 11.2 Å². The first-order chi connectivity index (χ1) is 7.49. The second-order valence-electron chi connectivity index (χ2n) is 3.67. The van der Waals surface area contributed by atoms with Gasteiger partial charge in [0.1, 0.15) is 5.82 Å². The number of hydrogen-bond acceptors (Lipinski definition) is 4. The molecule has 0 spiro atoms. The van der Waals surface area contributed by atoms with Crippen molar-refractivity contribution in [3.8, 4) is 0 Å². The van der Waals surface area contributed by atoms with Gasteiger partial charge >= 0.3 is 5.69 Å². The summed E-state index contributed by atoms with van der Waals surface area (Å²) in [6.07, 6.45) is 0. The van der Waals surface area contributed by atoms with Crippen LogP contribution >= 0.6 is 0 Å². The predicted molar refractivity (Wildman–Crippen MR) is 59.1 cm³/mol. The molecule has 0 aliphatic rings. The fourth-order valence-corrected chi connectivity index (χ4v) is 1.75. The van der Waals surface area contributed by atoms with Crippen LogP contribution in [0.3, 0.4) is 0 Å². The van der Waals surface area contributed by atoms with E-state index in [1.807, 2.05) is 0 Å². The van der Waals surface area contributed by atoms with E-state index in [9.17, 15) is 9.59 Å². The molecule has 86 valence electrons. The third kappa shape index (κ3) is 1.15. The summed E-state index contributed by atoms with van der Waals surface area (Å²) >= 11 is 0. The molecule has 0 fully saturated rings. The average Bonchev–Trinajstić information content (AvgIpc) is 2.61. The fraction of sp³-hybridized carbons (Fsp3) is 0.444. The molecule has 0 saturated heterocycles. The maximum atomic E-state index is 11.9. The van der Waals surface area contributed by atoms with Crippen molar-refractivity contribution < 1.29 is 0 Å². The van der Waals surface area contributed by atoms with Crippen LogP contribution in [0.25, 0.3) is 11.2 Å². The highest BCUT2D eigenvalue weighted by Gasteiger charge is 2.15. The number of aryl methyl sites for hydroxylation is 2. The molecule has 2 aromatic heterocycles. The Morgan fingerprint density at radius 2 is 1.75 bits per heavy atom. The molecular formula is C9H13N5O2. The van der Waals surface area contributed by atoms with Gasteiger partial charge in [0.2, 0.25) is 0 Å². The van der Waals surface area contributed by atoms with Gasteiger partial charge < -0.3 is 10.3 Å². The molecule has 0 aromatic carbocycles. The van der Waals surface area contributed by atoms with E-state index in [4.69, 9.17) is 5.73 Å². The highest BCUT2D eigenvalue weighted by molar-refractivity contribution is 5.70. The lowest BCUT2D eigenvalue weighted by Crippen LogP contribution is -2.37. The number of imidazole rings is 1. The predicted octanol–water partition coefficient (Wildman–Crippen LogP) is -1.57. The molecule has 0 aliphatic carbocycles. The SMILES string of the molecule is Cn1c(=O)c2c(nc(CN)n2C)n(C)c1=O. The number of fused-ring (bicyclic) bond motifs is 1. The van der Waals surface area contributed by atoms with E-state index in [0.717, 1.165) is 4.57 Å². The van der Waals surface area contributed by atoms with Gasteiger partial charge in [0.25, 0.3) is 5.56 Å². The lowest BCUT2D eigenvalue weighted by atomic mass is 10.5. The van der Waals surface area contributed by atoms with Gasteiger partial charge in [-0.3, -0.25) is 13.9 Å². The standard InChI is InChI=1S/C9H13N5O2/c1-12-5(4-10)11-7-6(12)8(15)14(3)9(16)13(7)2/h4,10H2,1-3H3. The number of nitrogens with zero attached hydrogens (tertiary/aromatic N) is 4. The first-order valence-corrected chi connectivity index (χ1v) is 4.80. The van der Waals surface area contributed by atoms with Gasteiger partial charge in [-0.05, 0) is 0 Å². The van der Waals surface area contributed by atoms with E-state index in [-0.39, 0.29) is 17.8 Å². The third-order valence-corrected chi connectivity index (χ3v) is 2.75. The quantitative estimate of drug-likeness (QED) is 0.632. The molecule has 16 heavy (non-hydrogen) atoms. The Morgan fingerprint density at radius 3 is 2.31 bits per heavy atom. The van der Waals surface area contributed by atoms with Gasteiger partial charge in [-0.25, -0.2) is 9.78 Å². The van der Waals surface area contributed by atoms with Gasteiger partial charge in [0.05, 0.1) is 6.54 Å². The molecule has 0 bridgehead atoms. The van der Waals surface area contributed by atoms with Crippen LogP contribution in [0.15, 0.2) is 9.59 Å². The second-order valence-corrected chi connectivity index (χ2v) is 3.67. The summed E-state index contributed by atoms with van der Waals surface area (Å²) in [6, 6.07) is 0. The lowest BCUT2D eigenvalue weighted by molar-refractivity contribution is 0.705. The van der Waals surface area contributed by atoms with E-state index in [1.54, 1.807) is 18.7 Å². The number of aromatic nitrogens is 4. The number of nitrogens with two attached hydrogens (primary N) is 1. The van der Waals surface area contributed by atoms with Crippen LogP contribution in [0.4, 0.5) is 0 Å². The van der Waals surface area contributed by atoms with Crippen molar-refractivity contribution in [3.63, 3.8) is 0 Å². The maximum absolute atomic E-state index is 11.9. The van der Waals surface area contributed by atoms with E-state index in [1.165, 1.54) is 11.6 Å². The van der Waals surface area contributed by atoms with Crippen LogP contribution in [-0.4, -0.2) is 18.7 Å². The van der Waals surface area contributed by atoms with Crippen molar-refractivity contribution in [2.45, 2.75) is 6.54 Å². The van der Waals surface area contributed by atoms with Gasteiger partial charge in [-0.2, -0.15) is 0 Å². The summed E-state index contributed by atoms with van der Waals surface area (Å²) in [5, 5.41) is 0. The zero-order valence-electron chi connectivity index (χ0n) is 9.39. The van der Waals surface area contributed by atoms with Crippen LogP contribution in [-0.2, 0) is 27.7 Å². The van der Waals surface area contributed by atoms with Gasteiger partial charge in [0, 0.05) is 21.1 Å². The summed E-state index contributed by atoms with van der Waals surface area (Å²) < 4.78 is 4.03. The molecule has 0 unspecified atom stereocenters.